The Kier molecular flexibility index (Phi) is 5.98. The van der Waals surface area contributed by atoms with Gasteiger partial charge in [-0.05, 0) is 37.3 Å². The van der Waals surface area contributed by atoms with Gasteiger partial charge in [-0.3, -0.25) is 4.90 Å². The van der Waals surface area contributed by atoms with E-state index in [1.807, 2.05) is 61.7 Å². The number of anilines is 1. The van der Waals surface area contributed by atoms with Crippen LogP contribution in [0, 0.1) is 0 Å². The van der Waals surface area contributed by atoms with Crippen molar-refractivity contribution in [2.75, 3.05) is 18.6 Å². The maximum absolute atomic E-state index is 12.0. The van der Waals surface area contributed by atoms with Crippen LogP contribution in [0.25, 0.3) is 5.69 Å². The average Bonchev–Trinajstić information content (AvgIpc) is 3.17. The SMILES string of the molecule is CCN(C(=O)OC)c1ccccc1COc1ccn(-c2ccc(Cl)cc2)n1. The van der Waals surface area contributed by atoms with Crippen LogP contribution in [0.4, 0.5) is 10.5 Å². The van der Waals surface area contributed by atoms with Gasteiger partial charge < -0.3 is 9.47 Å². The molecule has 1 amide bonds. The van der Waals surface area contributed by atoms with Crippen molar-refractivity contribution in [3.8, 4) is 11.6 Å². The van der Waals surface area contributed by atoms with Crippen LogP contribution in [0.3, 0.4) is 0 Å². The first-order valence-electron chi connectivity index (χ1n) is 8.50. The van der Waals surface area contributed by atoms with Gasteiger partial charge in [0.15, 0.2) is 0 Å². The van der Waals surface area contributed by atoms with Crippen LogP contribution in [-0.4, -0.2) is 29.5 Å². The standard InChI is InChI=1S/C20H20ClN3O3/c1-3-23(20(25)26-2)18-7-5-4-6-15(18)14-27-19-12-13-24(22-19)17-10-8-16(21)9-11-17/h4-13H,3,14H2,1-2H3. The van der Waals surface area contributed by atoms with Crippen LogP contribution in [0.15, 0.2) is 60.8 Å². The third-order valence-corrected chi connectivity index (χ3v) is 4.28. The lowest BCUT2D eigenvalue weighted by atomic mass is 10.1. The molecule has 0 aliphatic heterocycles. The summed E-state index contributed by atoms with van der Waals surface area (Å²) in [6, 6.07) is 16.7. The lowest BCUT2D eigenvalue weighted by molar-refractivity contribution is 0.179. The van der Waals surface area contributed by atoms with Crippen molar-refractivity contribution in [1.82, 2.24) is 9.78 Å². The molecule has 27 heavy (non-hydrogen) atoms. The molecule has 0 saturated heterocycles. The molecule has 0 fully saturated rings. The minimum atomic E-state index is -0.406. The Balaban J connectivity index is 1.74. The van der Waals surface area contributed by atoms with E-state index < -0.39 is 6.09 Å². The lowest BCUT2D eigenvalue weighted by Gasteiger charge is -2.22. The van der Waals surface area contributed by atoms with Crippen molar-refractivity contribution in [3.05, 3.63) is 71.4 Å². The van der Waals surface area contributed by atoms with E-state index in [0.717, 1.165) is 16.9 Å². The van der Waals surface area contributed by atoms with E-state index >= 15 is 0 Å². The van der Waals surface area contributed by atoms with Crippen molar-refractivity contribution in [2.24, 2.45) is 0 Å². The summed E-state index contributed by atoms with van der Waals surface area (Å²) < 4.78 is 12.4. The van der Waals surface area contributed by atoms with Gasteiger partial charge in [-0.25, -0.2) is 9.48 Å². The van der Waals surface area contributed by atoms with Crippen molar-refractivity contribution in [1.29, 1.82) is 0 Å². The zero-order valence-electron chi connectivity index (χ0n) is 15.1. The summed E-state index contributed by atoms with van der Waals surface area (Å²) in [6.07, 6.45) is 1.41. The van der Waals surface area contributed by atoms with Crippen LogP contribution >= 0.6 is 11.6 Å². The Labute approximate surface area is 162 Å². The van der Waals surface area contributed by atoms with Gasteiger partial charge in [-0.2, -0.15) is 0 Å². The maximum atomic E-state index is 12.0. The molecule has 0 unspecified atom stereocenters. The Hall–Kier alpha value is -2.99. The molecule has 0 aliphatic rings. The number of carbonyl (C=O) groups is 1. The van der Waals surface area contributed by atoms with E-state index in [9.17, 15) is 4.79 Å². The normalized spacial score (nSPS) is 10.5. The number of ether oxygens (including phenoxy) is 2. The third-order valence-electron chi connectivity index (χ3n) is 4.02. The predicted octanol–water partition coefficient (Wildman–Crippen LogP) is 4.70. The summed E-state index contributed by atoms with van der Waals surface area (Å²) in [7, 11) is 1.37. The van der Waals surface area contributed by atoms with E-state index in [1.165, 1.54) is 7.11 Å². The van der Waals surface area contributed by atoms with Gasteiger partial charge in [0, 0.05) is 29.4 Å². The number of carbonyl (C=O) groups excluding carboxylic acids is 1. The number of para-hydroxylation sites is 1. The number of rotatable bonds is 6. The highest BCUT2D eigenvalue weighted by molar-refractivity contribution is 6.30. The van der Waals surface area contributed by atoms with Crippen molar-refractivity contribution in [3.63, 3.8) is 0 Å². The molecule has 0 bridgehead atoms. The quantitative estimate of drug-likeness (QED) is 0.617. The molecule has 1 aromatic heterocycles. The van der Waals surface area contributed by atoms with E-state index in [2.05, 4.69) is 5.10 Å². The summed E-state index contributed by atoms with van der Waals surface area (Å²) in [5.41, 5.74) is 2.51. The molecular weight excluding hydrogens is 366 g/mol. The number of methoxy groups -OCH3 is 1. The lowest BCUT2D eigenvalue weighted by Crippen LogP contribution is -2.31. The van der Waals surface area contributed by atoms with Gasteiger partial charge in [0.2, 0.25) is 5.88 Å². The molecule has 3 rings (SSSR count). The monoisotopic (exact) mass is 385 g/mol. The summed E-state index contributed by atoms with van der Waals surface area (Å²) in [4.78, 5) is 13.6. The Morgan fingerprint density at radius 2 is 1.89 bits per heavy atom. The second kappa shape index (κ2) is 8.60. The van der Waals surface area contributed by atoms with E-state index in [4.69, 9.17) is 21.1 Å². The fourth-order valence-corrected chi connectivity index (χ4v) is 2.80. The molecule has 0 aliphatic carbocycles. The molecule has 6 nitrogen and oxygen atoms in total. The number of halogens is 1. The van der Waals surface area contributed by atoms with Gasteiger partial charge in [0.25, 0.3) is 0 Å². The minimum absolute atomic E-state index is 0.279. The summed E-state index contributed by atoms with van der Waals surface area (Å²) >= 11 is 5.92. The number of hydrogen-bond donors (Lipinski definition) is 0. The third kappa shape index (κ3) is 4.41. The molecule has 0 spiro atoms. The first kappa shape index (κ1) is 18.8. The molecule has 2 aromatic carbocycles. The van der Waals surface area contributed by atoms with Crippen LogP contribution < -0.4 is 9.64 Å². The van der Waals surface area contributed by atoms with Gasteiger partial charge in [0.05, 0.1) is 18.5 Å². The topological polar surface area (TPSA) is 56.6 Å². The molecule has 0 saturated carbocycles. The fourth-order valence-electron chi connectivity index (χ4n) is 2.68. The van der Waals surface area contributed by atoms with Crippen LogP contribution in [0.2, 0.25) is 5.02 Å². The molecule has 3 aromatic rings. The highest BCUT2D eigenvalue weighted by atomic mass is 35.5. The Bertz CT molecular complexity index is 909. The molecule has 1 heterocycles. The van der Waals surface area contributed by atoms with E-state index in [1.54, 1.807) is 15.6 Å². The average molecular weight is 386 g/mol. The van der Waals surface area contributed by atoms with E-state index in [-0.39, 0.29) is 6.61 Å². The zero-order chi connectivity index (χ0) is 19.2. The first-order valence-corrected chi connectivity index (χ1v) is 8.88. The number of nitrogens with zero attached hydrogens (tertiary/aromatic N) is 3. The van der Waals surface area contributed by atoms with Crippen LogP contribution in [0.5, 0.6) is 5.88 Å². The van der Waals surface area contributed by atoms with Crippen molar-refractivity contribution >= 4 is 23.4 Å². The number of benzene rings is 2. The molecular formula is C20H20ClN3O3. The number of aromatic nitrogens is 2. The van der Waals surface area contributed by atoms with Crippen LogP contribution in [0.1, 0.15) is 12.5 Å². The van der Waals surface area contributed by atoms with Crippen molar-refractivity contribution in [2.45, 2.75) is 13.5 Å². The molecule has 7 heteroatoms. The molecule has 0 N–H and O–H groups in total. The maximum Gasteiger partial charge on any atom is 0.413 e. The summed E-state index contributed by atoms with van der Waals surface area (Å²) in [6.45, 7) is 2.67. The fraction of sp³-hybridized carbons (Fsp3) is 0.200. The number of hydrogen-bond acceptors (Lipinski definition) is 4. The summed E-state index contributed by atoms with van der Waals surface area (Å²) in [5, 5.41) is 5.09. The molecule has 0 atom stereocenters. The van der Waals surface area contributed by atoms with Gasteiger partial charge >= 0.3 is 6.09 Å². The van der Waals surface area contributed by atoms with E-state index in [0.29, 0.717) is 17.4 Å². The highest BCUT2D eigenvalue weighted by Crippen LogP contribution is 2.23. The minimum Gasteiger partial charge on any atom is -0.472 e. The zero-order valence-corrected chi connectivity index (χ0v) is 15.9. The first-order chi connectivity index (χ1) is 13.1. The predicted molar refractivity (Wildman–Crippen MR) is 105 cm³/mol. The Morgan fingerprint density at radius 1 is 1.15 bits per heavy atom. The highest BCUT2D eigenvalue weighted by Gasteiger charge is 2.17. The largest absolute Gasteiger partial charge is 0.472 e. The smallest absolute Gasteiger partial charge is 0.413 e. The summed E-state index contributed by atoms with van der Waals surface area (Å²) in [5.74, 6) is 0.487. The Morgan fingerprint density at radius 3 is 2.59 bits per heavy atom. The van der Waals surface area contributed by atoms with Gasteiger partial charge in [-0.1, -0.05) is 29.8 Å². The molecule has 0 radical (unpaired) electrons. The van der Waals surface area contributed by atoms with Gasteiger partial charge in [0.1, 0.15) is 6.61 Å². The second-order valence-electron chi connectivity index (χ2n) is 5.71. The number of amides is 1. The second-order valence-corrected chi connectivity index (χ2v) is 6.14. The van der Waals surface area contributed by atoms with Crippen molar-refractivity contribution < 1.29 is 14.3 Å². The molecule has 140 valence electrons. The van der Waals surface area contributed by atoms with Crippen LogP contribution in [-0.2, 0) is 11.3 Å². The van der Waals surface area contributed by atoms with Gasteiger partial charge in [-0.15, -0.1) is 5.10 Å².